The summed E-state index contributed by atoms with van der Waals surface area (Å²) in [6.07, 6.45) is 7.41. The second-order valence-corrected chi connectivity index (χ2v) is 6.45. The van der Waals surface area contributed by atoms with Crippen LogP contribution in [0.15, 0.2) is 0 Å². The van der Waals surface area contributed by atoms with Gasteiger partial charge in [-0.1, -0.05) is 19.3 Å². The van der Waals surface area contributed by atoms with Crippen molar-refractivity contribution in [3.8, 4) is 0 Å². The number of amides is 1. The summed E-state index contributed by atoms with van der Waals surface area (Å²) in [6.45, 7) is 0.334. The molecule has 1 N–H and O–H groups in total. The van der Waals surface area contributed by atoms with Crippen molar-refractivity contribution < 1.29 is 14.7 Å². The minimum atomic E-state index is -0.762. The Morgan fingerprint density at radius 2 is 1.75 bits per heavy atom. The monoisotopic (exact) mass is 282 g/mol. The van der Waals surface area contributed by atoms with Gasteiger partial charge in [-0.15, -0.1) is 0 Å². The topological polar surface area (TPSA) is 60.9 Å². The Labute approximate surface area is 120 Å². The van der Waals surface area contributed by atoms with Crippen LogP contribution in [0.3, 0.4) is 0 Å². The van der Waals surface area contributed by atoms with Crippen molar-refractivity contribution >= 4 is 11.9 Å². The van der Waals surface area contributed by atoms with Crippen molar-refractivity contribution in [2.75, 3.05) is 20.6 Å². The molecule has 2 aliphatic rings. The first-order valence-electron chi connectivity index (χ1n) is 7.63. The Balaban J connectivity index is 1.99. The van der Waals surface area contributed by atoms with Gasteiger partial charge in [-0.05, 0) is 32.7 Å². The molecule has 2 aliphatic carbocycles. The van der Waals surface area contributed by atoms with Crippen LogP contribution in [0, 0.1) is 0 Å². The van der Waals surface area contributed by atoms with E-state index in [0.717, 1.165) is 38.5 Å². The highest BCUT2D eigenvalue weighted by Crippen LogP contribution is 2.36. The lowest BCUT2D eigenvalue weighted by Gasteiger charge is -2.44. The third-order valence-electron chi connectivity index (χ3n) is 4.93. The normalized spacial score (nSPS) is 21.8. The average molecular weight is 282 g/mol. The quantitative estimate of drug-likeness (QED) is 0.806. The van der Waals surface area contributed by atoms with Gasteiger partial charge in [0.1, 0.15) is 0 Å². The van der Waals surface area contributed by atoms with Crippen LogP contribution in [0.4, 0.5) is 0 Å². The standard InChI is InChI=1S/C15H26N2O3/c1-16(11-13(18)17(2)12-6-7-12)15(10-14(19)20)8-4-3-5-9-15/h12H,3-11H2,1-2H3,(H,19,20). The average Bonchev–Trinajstić information content (AvgIpc) is 3.22. The number of hydrogen-bond donors (Lipinski definition) is 1. The van der Waals surface area contributed by atoms with Gasteiger partial charge < -0.3 is 10.0 Å². The zero-order chi connectivity index (χ0) is 14.8. The molecule has 2 saturated carbocycles. The number of aliphatic carboxylic acids is 1. The fraction of sp³-hybridized carbons (Fsp3) is 0.867. The second kappa shape index (κ2) is 6.12. The first-order valence-corrected chi connectivity index (χ1v) is 7.63. The smallest absolute Gasteiger partial charge is 0.305 e. The lowest BCUT2D eigenvalue weighted by Crippen LogP contribution is -2.52. The Hall–Kier alpha value is -1.10. The molecule has 114 valence electrons. The molecular weight excluding hydrogens is 256 g/mol. The Bertz CT molecular complexity index is 373. The molecule has 2 fully saturated rings. The number of carbonyl (C=O) groups is 2. The SMILES string of the molecule is CN(C(=O)CN(C)C1(CC(=O)O)CCCCC1)C1CC1. The van der Waals surface area contributed by atoms with E-state index in [1.54, 1.807) is 0 Å². The molecule has 0 spiro atoms. The van der Waals surface area contributed by atoms with Crippen LogP contribution in [0.2, 0.25) is 0 Å². The molecule has 1 amide bonds. The molecular formula is C15H26N2O3. The van der Waals surface area contributed by atoms with Crippen LogP contribution < -0.4 is 0 Å². The molecule has 0 aromatic rings. The summed E-state index contributed by atoms with van der Waals surface area (Å²) in [5.74, 6) is -0.646. The van der Waals surface area contributed by atoms with Crippen LogP contribution in [0.1, 0.15) is 51.4 Å². The lowest BCUT2D eigenvalue weighted by molar-refractivity contribution is -0.143. The zero-order valence-electron chi connectivity index (χ0n) is 12.6. The van der Waals surface area contributed by atoms with E-state index in [2.05, 4.69) is 0 Å². The molecule has 5 nitrogen and oxygen atoms in total. The van der Waals surface area contributed by atoms with Crippen molar-refractivity contribution in [3.63, 3.8) is 0 Å². The maximum absolute atomic E-state index is 12.2. The third kappa shape index (κ3) is 3.51. The van der Waals surface area contributed by atoms with Crippen molar-refractivity contribution in [2.45, 2.75) is 62.9 Å². The van der Waals surface area contributed by atoms with E-state index in [0.29, 0.717) is 12.6 Å². The van der Waals surface area contributed by atoms with Crippen molar-refractivity contribution in [2.24, 2.45) is 0 Å². The van der Waals surface area contributed by atoms with Gasteiger partial charge in [0.05, 0.1) is 13.0 Å². The number of hydrogen-bond acceptors (Lipinski definition) is 3. The molecule has 0 bridgehead atoms. The van der Waals surface area contributed by atoms with E-state index in [4.69, 9.17) is 0 Å². The maximum Gasteiger partial charge on any atom is 0.305 e. The minimum absolute atomic E-state index is 0.116. The molecule has 20 heavy (non-hydrogen) atoms. The van der Waals surface area contributed by atoms with E-state index in [9.17, 15) is 14.7 Å². The summed E-state index contributed by atoms with van der Waals surface area (Å²) in [5.41, 5.74) is -0.329. The van der Waals surface area contributed by atoms with Crippen LogP contribution in [-0.2, 0) is 9.59 Å². The molecule has 0 saturated heterocycles. The van der Waals surface area contributed by atoms with Gasteiger partial charge in [-0.3, -0.25) is 14.5 Å². The van der Waals surface area contributed by atoms with Crippen LogP contribution >= 0.6 is 0 Å². The van der Waals surface area contributed by atoms with Gasteiger partial charge >= 0.3 is 5.97 Å². The Kier molecular flexibility index (Phi) is 4.68. The maximum atomic E-state index is 12.2. The van der Waals surface area contributed by atoms with Crippen molar-refractivity contribution in [1.82, 2.24) is 9.80 Å². The second-order valence-electron chi connectivity index (χ2n) is 6.45. The molecule has 0 radical (unpaired) electrons. The molecule has 0 heterocycles. The van der Waals surface area contributed by atoms with Crippen LogP contribution in [-0.4, -0.2) is 59.0 Å². The third-order valence-corrected chi connectivity index (χ3v) is 4.93. The van der Waals surface area contributed by atoms with E-state index < -0.39 is 5.97 Å². The number of rotatable bonds is 6. The Morgan fingerprint density at radius 1 is 1.15 bits per heavy atom. The van der Waals surface area contributed by atoms with Gasteiger partial charge in [0.15, 0.2) is 0 Å². The fourth-order valence-electron chi connectivity index (χ4n) is 3.33. The predicted molar refractivity (Wildman–Crippen MR) is 76.5 cm³/mol. The minimum Gasteiger partial charge on any atom is -0.481 e. The molecule has 0 aromatic heterocycles. The predicted octanol–water partition coefficient (Wildman–Crippen LogP) is 1.72. The van der Waals surface area contributed by atoms with Crippen molar-refractivity contribution in [3.05, 3.63) is 0 Å². The molecule has 5 heteroatoms. The molecule has 0 aliphatic heterocycles. The summed E-state index contributed by atoms with van der Waals surface area (Å²) < 4.78 is 0. The zero-order valence-corrected chi connectivity index (χ0v) is 12.6. The highest BCUT2D eigenvalue weighted by molar-refractivity contribution is 5.79. The summed E-state index contributed by atoms with van der Waals surface area (Å²) in [5, 5.41) is 9.20. The summed E-state index contributed by atoms with van der Waals surface area (Å²) in [6, 6.07) is 0.415. The van der Waals surface area contributed by atoms with E-state index >= 15 is 0 Å². The summed E-state index contributed by atoms with van der Waals surface area (Å²) in [4.78, 5) is 27.3. The molecule has 0 atom stereocenters. The number of nitrogens with zero attached hydrogens (tertiary/aromatic N) is 2. The van der Waals surface area contributed by atoms with Crippen molar-refractivity contribution in [1.29, 1.82) is 0 Å². The largest absolute Gasteiger partial charge is 0.481 e. The first-order chi connectivity index (χ1) is 9.44. The highest BCUT2D eigenvalue weighted by Gasteiger charge is 2.40. The van der Waals surface area contributed by atoms with E-state index in [1.807, 2.05) is 23.9 Å². The number of carbonyl (C=O) groups excluding carboxylic acids is 1. The Morgan fingerprint density at radius 3 is 2.25 bits per heavy atom. The van der Waals surface area contributed by atoms with Gasteiger partial charge in [-0.2, -0.15) is 0 Å². The lowest BCUT2D eigenvalue weighted by atomic mass is 9.78. The first kappa shape index (κ1) is 15.3. The van der Waals surface area contributed by atoms with Crippen LogP contribution in [0.25, 0.3) is 0 Å². The number of carboxylic acid groups (broad SMARTS) is 1. The van der Waals surface area contributed by atoms with Gasteiger partial charge in [-0.25, -0.2) is 0 Å². The van der Waals surface area contributed by atoms with Crippen LogP contribution in [0.5, 0.6) is 0 Å². The summed E-state index contributed by atoms with van der Waals surface area (Å²) >= 11 is 0. The fourth-order valence-corrected chi connectivity index (χ4v) is 3.33. The number of likely N-dealkylation sites (N-methyl/N-ethyl adjacent to an activating group) is 2. The molecule has 2 rings (SSSR count). The molecule has 0 unspecified atom stereocenters. The van der Waals surface area contributed by atoms with E-state index in [1.165, 1.54) is 6.42 Å². The van der Waals surface area contributed by atoms with Gasteiger partial charge in [0.25, 0.3) is 0 Å². The van der Waals surface area contributed by atoms with Gasteiger partial charge in [0.2, 0.25) is 5.91 Å². The molecule has 0 aromatic carbocycles. The summed E-state index contributed by atoms with van der Waals surface area (Å²) in [7, 11) is 3.77. The number of carboxylic acids is 1. The van der Waals surface area contributed by atoms with Gasteiger partial charge in [0, 0.05) is 18.6 Å². The highest BCUT2D eigenvalue weighted by atomic mass is 16.4. The van der Waals surface area contributed by atoms with E-state index in [-0.39, 0.29) is 17.9 Å².